The number of hydrogen-bond acceptors (Lipinski definition) is 2. The molecular formula is C13H16N2O. The van der Waals surface area contributed by atoms with Crippen molar-refractivity contribution in [1.82, 2.24) is 0 Å². The van der Waals surface area contributed by atoms with E-state index in [0.29, 0.717) is 12.5 Å². The fourth-order valence-electron chi connectivity index (χ4n) is 2.70. The summed E-state index contributed by atoms with van der Waals surface area (Å²) >= 11 is 0. The highest BCUT2D eigenvalue weighted by Gasteiger charge is 2.26. The third kappa shape index (κ3) is 1.71. The molecule has 1 amide bonds. The third-order valence-electron chi connectivity index (χ3n) is 3.59. The van der Waals surface area contributed by atoms with Crippen LogP contribution < -0.4 is 11.1 Å². The molecule has 3 N–H and O–H groups in total. The molecule has 84 valence electrons. The van der Waals surface area contributed by atoms with Crippen LogP contribution in [0.25, 0.3) is 0 Å². The molecule has 1 aromatic carbocycles. The van der Waals surface area contributed by atoms with Crippen molar-refractivity contribution in [3.63, 3.8) is 0 Å². The summed E-state index contributed by atoms with van der Waals surface area (Å²) in [6.07, 6.45) is 3.94. The van der Waals surface area contributed by atoms with Gasteiger partial charge in [-0.25, -0.2) is 0 Å². The van der Waals surface area contributed by atoms with Crippen LogP contribution in [0.5, 0.6) is 0 Å². The van der Waals surface area contributed by atoms with Crippen molar-refractivity contribution in [2.45, 2.75) is 31.7 Å². The number of benzene rings is 1. The summed E-state index contributed by atoms with van der Waals surface area (Å²) in [5.74, 6) is 0.857. The number of rotatable bonds is 2. The smallest absolute Gasteiger partial charge is 0.228 e. The molecule has 1 heterocycles. The van der Waals surface area contributed by atoms with E-state index in [1.54, 1.807) is 0 Å². The van der Waals surface area contributed by atoms with E-state index in [2.05, 4.69) is 17.4 Å². The molecule has 2 aliphatic rings. The van der Waals surface area contributed by atoms with Gasteiger partial charge in [-0.1, -0.05) is 12.1 Å². The summed E-state index contributed by atoms with van der Waals surface area (Å²) in [5, 5.41) is 2.85. The highest BCUT2D eigenvalue weighted by molar-refractivity contribution is 5.99. The van der Waals surface area contributed by atoms with Gasteiger partial charge in [-0.15, -0.1) is 0 Å². The van der Waals surface area contributed by atoms with Crippen LogP contribution in [0.4, 0.5) is 5.69 Å². The van der Waals surface area contributed by atoms with Gasteiger partial charge in [0.25, 0.3) is 0 Å². The predicted molar refractivity (Wildman–Crippen MR) is 63.2 cm³/mol. The molecule has 0 saturated heterocycles. The van der Waals surface area contributed by atoms with Gasteiger partial charge in [0.2, 0.25) is 5.91 Å². The monoisotopic (exact) mass is 216 g/mol. The van der Waals surface area contributed by atoms with Crippen molar-refractivity contribution in [3.05, 3.63) is 29.3 Å². The van der Waals surface area contributed by atoms with Crippen molar-refractivity contribution in [2.75, 3.05) is 5.32 Å². The summed E-state index contributed by atoms with van der Waals surface area (Å²) in [4.78, 5) is 11.2. The first-order valence-corrected chi connectivity index (χ1v) is 5.88. The Morgan fingerprint density at radius 2 is 2.19 bits per heavy atom. The second-order valence-electron chi connectivity index (χ2n) is 5.02. The molecule has 1 aromatic rings. The normalized spacial score (nSPS) is 27.2. The minimum atomic E-state index is 0.109. The molecule has 3 heteroatoms. The lowest BCUT2D eigenvalue weighted by molar-refractivity contribution is -0.115. The number of fused-ring (bicyclic) bond motifs is 1. The fourth-order valence-corrected chi connectivity index (χ4v) is 2.70. The van der Waals surface area contributed by atoms with Gasteiger partial charge in [0, 0.05) is 11.7 Å². The lowest BCUT2D eigenvalue weighted by Crippen LogP contribution is -2.37. The average Bonchev–Trinajstić information content (AvgIpc) is 2.55. The summed E-state index contributed by atoms with van der Waals surface area (Å²) in [7, 11) is 0. The van der Waals surface area contributed by atoms with Gasteiger partial charge in [-0.05, 0) is 42.4 Å². The topological polar surface area (TPSA) is 55.1 Å². The quantitative estimate of drug-likeness (QED) is 0.786. The van der Waals surface area contributed by atoms with Crippen LogP contribution in [0.1, 0.15) is 24.0 Å². The summed E-state index contributed by atoms with van der Waals surface area (Å²) < 4.78 is 0. The van der Waals surface area contributed by atoms with Crippen LogP contribution in [-0.2, 0) is 17.6 Å². The zero-order valence-electron chi connectivity index (χ0n) is 9.20. The summed E-state index contributed by atoms with van der Waals surface area (Å²) in [6, 6.07) is 6.72. The molecule has 0 aromatic heterocycles. The van der Waals surface area contributed by atoms with Gasteiger partial charge >= 0.3 is 0 Å². The van der Waals surface area contributed by atoms with Gasteiger partial charge in [-0.2, -0.15) is 0 Å². The molecule has 0 radical (unpaired) electrons. The number of hydrogen-bond donors (Lipinski definition) is 2. The summed E-state index contributed by atoms with van der Waals surface area (Å²) in [5.41, 5.74) is 9.25. The van der Waals surface area contributed by atoms with E-state index in [9.17, 15) is 4.79 Å². The van der Waals surface area contributed by atoms with Crippen LogP contribution in [-0.4, -0.2) is 11.9 Å². The molecule has 0 spiro atoms. The van der Waals surface area contributed by atoms with E-state index in [0.717, 1.165) is 36.4 Å². The van der Waals surface area contributed by atoms with E-state index in [-0.39, 0.29) is 5.91 Å². The standard InChI is InChI=1S/C13H16N2O/c14-11-5-9(6-11)3-8-1-2-12-10(4-8)7-13(16)15-12/h1-2,4,9,11H,3,5-7,14H2,(H,15,16). The van der Waals surface area contributed by atoms with Gasteiger partial charge in [0.15, 0.2) is 0 Å². The van der Waals surface area contributed by atoms with Crippen LogP contribution in [0.3, 0.4) is 0 Å². The predicted octanol–water partition coefficient (Wildman–Crippen LogP) is 1.46. The van der Waals surface area contributed by atoms with Gasteiger partial charge < -0.3 is 11.1 Å². The maximum atomic E-state index is 11.2. The molecule has 0 atom stereocenters. The minimum absolute atomic E-state index is 0.109. The van der Waals surface area contributed by atoms with Crippen molar-refractivity contribution in [3.8, 4) is 0 Å². The fraction of sp³-hybridized carbons (Fsp3) is 0.462. The number of carbonyl (C=O) groups is 1. The molecule has 0 bridgehead atoms. The van der Waals surface area contributed by atoms with E-state index in [4.69, 9.17) is 5.73 Å². The maximum absolute atomic E-state index is 11.2. The minimum Gasteiger partial charge on any atom is -0.328 e. The van der Waals surface area contributed by atoms with E-state index >= 15 is 0 Å². The van der Waals surface area contributed by atoms with Gasteiger partial charge in [0.1, 0.15) is 0 Å². The number of amides is 1. The largest absolute Gasteiger partial charge is 0.328 e. The Bertz CT molecular complexity index is 436. The number of anilines is 1. The van der Waals surface area contributed by atoms with E-state index in [1.165, 1.54) is 5.56 Å². The van der Waals surface area contributed by atoms with Gasteiger partial charge in [-0.3, -0.25) is 4.79 Å². The summed E-state index contributed by atoms with van der Waals surface area (Å²) in [6.45, 7) is 0. The van der Waals surface area contributed by atoms with Crippen LogP contribution in [0.15, 0.2) is 18.2 Å². The number of carbonyl (C=O) groups excluding carboxylic acids is 1. The molecule has 1 saturated carbocycles. The number of nitrogens with one attached hydrogen (secondary N) is 1. The van der Waals surface area contributed by atoms with E-state index < -0.39 is 0 Å². The Morgan fingerprint density at radius 1 is 1.38 bits per heavy atom. The third-order valence-corrected chi connectivity index (χ3v) is 3.59. The lowest BCUT2D eigenvalue weighted by atomic mass is 9.77. The molecule has 1 aliphatic carbocycles. The zero-order valence-corrected chi connectivity index (χ0v) is 9.20. The van der Waals surface area contributed by atoms with Crippen LogP contribution in [0.2, 0.25) is 0 Å². The number of nitrogens with two attached hydrogens (primary N) is 1. The van der Waals surface area contributed by atoms with Crippen LogP contribution >= 0.6 is 0 Å². The Labute approximate surface area is 95.0 Å². The van der Waals surface area contributed by atoms with Gasteiger partial charge in [0.05, 0.1) is 6.42 Å². The zero-order chi connectivity index (χ0) is 11.1. The molecule has 1 aliphatic heterocycles. The SMILES string of the molecule is NC1CC(Cc2ccc3c(c2)CC(=O)N3)C1. The first-order valence-electron chi connectivity index (χ1n) is 5.88. The molecule has 1 fully saturated rings. The molecule has 0 unspecified atom stereocenters. The highest BCUT2D eigenvalue weighted by atomic mass is 16.1. The maximum Gasteiger partial charge on any atom is 0.228 e. The molecule has 16 heavy (non-hydrogen) atoms. The highest BCUT2D eigenvalue weighted by Crippen LogP contribution is 2.31. The van der Waals surface area contributed by atoms with Crippen molar-refractivity contribution < 1.29 is 4.79 Å². The first-order chi connectivity index (χ1) is 7.70. The lowest BCUT2D eigenvalue weighted by Gasteiger charge is -2.32. The second kappa shape index (κ2) is 3.59. The van der Waals surface area contributed by atoms with Crippen molar-refractivity contribution in [1.29, 1.82) is 0 Å². The average molecular weight is 216 g/mol. The van der Waals surface area contributed by atoms with Crippen molar-refractivity contribution in [2.24, 2.45) is 11.7 Å². The van der Waals surface area contributed by atoms with Crippen molar-refractivity contribution >= 4 is 11.6 Å². The Hall–Kier alpha value is -1.35. The van der Waals surface area contributed by atoms with E-state index in [1.807, 2.05) is 6.07 Å². The van der Waals surface area contributed by atoms with Crippen LogP contribution in [0, 0.1) is 5.92 Å². The Kier molecular flexibility index (Phi) is 2.21. The Balaban J connectivity index is 1.73. The molecule has 3 rings (SSSR count). The Morgan fingerprint density at radius 3 is 2.94 bits per heavy atom. The molecular weight excluding hydrogens is 200 g/mol. The first kappa shape index (κ1) is 9.85. The second-order valence-corrected chi connectivity index (χ2v) is 5.02. The molecule has 3 nitrogen and oxygen atoms in total.